The van der Waals surface area contributed by atoms with Crippen molar-refractivity contribution in [2.24, 2.45) is 0 Å². The highest BCUT2D eigenvalue weighted by Crippen LogP contribution is 2.27. The fourth-order valence-corrected chi connectivity index (χ4v) is 2.99. The van der Waals surface area contributed by atoms with Gasteiger partial charge in [-0.2, -0.15) is 4.98 Å². The van der Waals surface area contributed by atoms with Crippen molar-refractivity contribution in [2.75, 3.05) is 11.9 Å². The van der Waals surface area contributed by atoms with Gasteiger partial charge < -0.3 is 15.2 Å². The van der Waals surface area contributed by atoms with Gasteiger partial charge in [-0.3, -0.25) is 14.9 Å². The summed E-state index contributed by atoms with van der Waals surface area (Å²) in [7, 11) is 0. The van der Waals surface area contributed by atoms with Gasteiger partial charge in [0.05, 0.1) is 4.92 Å². The number of benzene rings is 2. The van der Waals surface area contributed by atoms with E-state index in [4.69, 9.17) is 16.1 Å². The molecule has 10 heteroatoms. The summed E-state index contributed by atoms with van der Waals surface area (Å²) in [4.78, 5) is 27.4. The minimum absolute atomic E-state index is 0.184. The number of nitro groups is 1. The van der Waals surface area contributed by atoms with Gasteiger partial charge in [0.15, 0.2) is 5.82 Å². The second-order valence-electron chi connectivity index (χ2n) is 6.53. The zero-order chi connectivity index (χ0) is 21.5. The van der Waals surface area contributed by atoms with Crippen molar-refractivity contribution in [3.63, 3.8) is 0 Å². The number of nitro benzene ring substituents is 1. The molecule has 1 aromatic heterocycles. The van der Waals surface area contributed by atoms with Crippen molar-refractivity contribution in [2.45, 2.75) is 26.3 Å². The average molecular weight is 430 g/mol. The number of anilines is 1. The summed E-state index contributed by atoms with van der Waals surface area (Å²) >= 11 is 6.12. The minimum atomic E-state index is -0.524. The van der Waals surface area contributed by atoms with E-state index in [-0.39, 0.29) is 11.3 Å². The van der Waals surface area contributed by atoms with E-state index in [0.717, 1.165) is 5.56 Å². The largest absolute Gasteiger partial charge is 0.375 e. The molecular formula is C20H20ClN5O4. The van der Waals surface area contributed by atoms with Crippen LogP contribution in [0.4, 0.5) is 11.4 Å². The van der Waals surface area contributed by atoms with Crippen molar-refractivity contribution in [1.29, 1.82) is 0 Å². The number of hydrogen-bond acceptors (Lipinski definition) is 7. The smallest absolute Gasteiger partial charge is 0.293 e. The van der Waals surface area contributed by atoms with E-state index in [1.165, 1.54) is 12.1 Å². The first-order valence-electron chi connectivity index (χ1n) is 9.27. The Morgan fingerprint density at radius 3 is 2.77 bits per heavy atom. The second-order valence-corrected chi connectivity index (χ2v) is 6.94. The predicted molar refractivity (Wildman–Crippen MR) is 112 cm³/mol. The number of carbonyl (C=O) groups excluding carboxylic acids is 1. The van der Waals surface area contributed by atoms with Crippen molar-refractivity contribution in [3.8, 4) is 0 Å². The molecule has 3 aromatic rings. The lowest BCUT2D eigenvalue weighted by molar-refractivity contribution is -0.384. The van der Waals surface area contributed by atoms with Gasteiger partial charge in [0.1, 0.15) is 5.69 Å². The van der Waals surface area contributed by atoms with Gasteiger partial charge in [-0.05, 0) is 37.1 Å². The number of rotatable bonds is 9. The van der Waals surface area contributed by atoms with Crippen LogP contribution in [0.5, 0.6) is 0 Å². The molecule has 0 aliphatic heterocycles. The lowest BCUT2D eigenvalue weighted by atomic mass is 10.1. The van der Waals surface area contributed by atoms with E-state index >= 15 is 0 Å². The molecule has 0 bridgehead atoms. The van der Waals surface area contributed by atoms with E-state index in [0.29, 0.717) is 48.4 Å². The third-order valence-corrected chi connectivity index (χ3v) is 4.68. The van der Waals surface area contributed by atoms with Crippen molar-refractivity contribution >= 4 is 28.9 Å². The highest BCUT2D eigenvalue weighted by Gasteiger charge is 2.18. The van der Waals surface area contributed by atoms with E-state index in [1.807, 2.05) is 18.2 Å². The summed E-state index contributed by atoms with van der Waals surface area (Å²) < 4.78 is 5.01. The third-order valence-electron chi connectivity index (χ3n) is 4.31. The van der Waals surface area contributed by atoms with Crippen molar-refractivity contribution in [3.05, 3.63) is 80.4 Å². The van der Waals surface area contributed by atoms with Gasteiger partial charge in [0, 0.05) is 36.2 Å². The number of hydrogen-bond donors (Lipinski definition) is 2. The van der Waals surface area contributed by atoms with E-state index < -0.39 is 10.8 Å². The first-order valence-corrected chi connectivity index (χ1v) is 9.65. The number of nitrogens with one attached hydrogen (secondary N) is 2. The van der Waals surface area contributed by atoms with Crippen LogP contribution < -0.4 is 10.6 Å². The molecule has 0 spiro atoms. The second kappa shape index (κ2) is 9.84. The van der Waals surface area contributed by atoms with Crippen molar-refractivity contribution in [1.82, 2.24) is 15.5 Å². The maximum Gasteiger partial charge on any atom is 0.293 e. The normalized spacial score (nSPS) is 10.6. The summed E-state index contributed by atoms with van der Waals surface area (Å²) in [6.45, 7) is 2.43. The first kappa shape index (κ1) is 21.3. The van der Waals surface area contributed by atoms with Crippen LogP contribution in [-0.4, -0.2) is 27.5 Å². The summed E-state index contributed by atoms with van der Waals surface area (Å²) in [5, 5.41) is 21.5. The summed E-state index contributed by atoms with van der Waals surface area (Å²) in [5.41, 5.74) is 1.14. The molecule has 2 N–H and O–H groups in total. The Kier molecular flexibility index (Phi) is 6.97. The Bertz CT molecular complexity index is 1050. The zero-order valence-corrected chi connectivity index (χ0v) is 17.0. The Morgan fingerprint density at radius 1 is 1.27 bits per heavy atom. The molecule has 3 rings (SSSR count). The highest BCUT2D eigenvalue weighted by atomic mass is 35.5. The molecule has 0 atom stereocenters. The number of aromatic nitrogens is 2. The monoisotopic (exact) mass is 429 g/mol. The average Bonchev–Trinajstić information content (AvgIpc) is 3.15. The van der Waals surface area contributed by atoms with Crippen LogP contribution in [0.3, 0.4) is 0 Å². The van der Waals surface area contributed by atoms with Gasteiger partial charge >= 0.3 is 0 Å². The Labute approximate surface area is 177 Å². The minimum Gasteiger partial charge on any atom is -0.375 e. The molecule has 1 amide bonds. The SMILES string of the molecule is Cc1noc(CCCNC(=O)c2ccc(NCc3ccccc3Cl)c([N+](=O)[O-])c2)n1. The zero-order valence-electron chi connectivity index (χ0n) is 16.2. The Balaban J connectivity index is 1.60. The quantitative estimate of drug-likeness (QED) is 0.300. The molecule has 9 nitrogen and oxygen atoms in total. The predicted octanol–water partition coefficient (Wildman–Crippen LogP) is 3.91. The Morgan fingerprint density at radius 2 is 2.07 bits per heavy atom. The maximum absolute atomic E-state index is 12.3. The van der Waals surface area contributed by atoms with Crippen LogP contribution in [0.1, 0.15) is 34.1 Å². The van der Waals surface area contributed by atoms with Gasteiger partial charge in [-0.1, -0.05) is 35.0 Å². The number of aryl methyl sites for hydroxylation is 2. The van der Waals surface area contributed by atoms with Crippen LogP contribution in [0.15, 0.2) is 47.0 Å². The van der Waals surface area contributed by atoms with Crippen LogP contribution in [-0.2, 0) is 13.0 Å². The summed E-state index contributed by atoms with van der Waals surface area (Å²) in [6, 6.07) is 11.5. The molecule has 156 valence electrons. The van der Waals surface area contributed by atoms with Gasteiger partial charge in [-0.25, -0.2) is 0 Å². The molecular weight excluding hydrogens is 410 g/mol. The number of halogens is 1. The fourth-order valence-electron chi connectivity index (χ4n) is 2.79. The van der Waals surface area contributed by atoms with E-state index in [1.54, 1.807) is 19.1 Å². The number of amides is 1. The maximum atomic E-state index is 12.3. The topological polar surface area (TPSA) is 123 Å². The summed E-state index contributed by atoms with van der Waals surface area (Å²) in [5.74, 6) is 0.674. The van der Waals surface area contributed by atoms with Crippen LogP contribution in [0, 0.1) is 17.0 Å². The molecule has 0 aliphatic rings. The molecule has 2 aromatic carbocycles. The molecule has 0 fully saturated rings. The Hall–Kier alpha value is -3.46. The van der Waals surface area contributed by atoms with Crippen LogP contribution in [0.2, 0.25) is 5.02 Å². The molecule has 1 heterocycles. The van der Waals surface area contributed by atoms with Crippen LogP contribution in [0.25, 0.3) is 0 Å². The molecule has 30 heavy (non-hydrogen) atoms. The number of carbonyl (C=O) groups is 1. The van der Waals surface area contributed by atoms with Gasteiger partial charge in [0.2, 0.25) is 5.89 Å². The third kappa shape index (κ3) is 5.54. The number of nitrogens with zero attached hydrogens (tertiary/aromatic N) is 3. The van der Waals surface area contributed by atoms with Gasteiger partial charge in [0.25, 0.3) is 11.6 Å². The molecule has 0 aliphatic carbocycles. The lowest BCUT2D eigenvalue weighted by Gasteiger charge is -2.10. The standard InChI is InChI=1S/C20H20ClN5O4/c1-13-24-19(30-25-13)7-4-10-22-20(27)14-8-9-17(18(11-14)26(28)29)23-12-15-5-2-3-6-16(15)21/h2-3,5-6,8-9,11,23H,4,7,10,12H2,1H3,(H,22,27). The molecule has 0 saturated carbocycles. The lowest BCUT2D eigenvalue weighted by Crippen LogP contribution is -2.25. The fraction of sp³-hybridized carbons (Fsp3) is 0.250. The molecule has 0 unspecified atom stereocenters. The van der Waals surface area contributed by atoms with E-state index in [9.17, 15) is 14.9 Å². The highest BCUT2D eigenvalue weighted by molar-refractivity contribution is 6.31. The summed E-state index contributed by atoms with van der Waals surface area (Å²) in [6.07, 6.45) is 1.14. The van der Waals surface area contributed by atoms with Gasteiger partial charge in [-0.15, -0.1) is 0 Å². The van der Waals surface area contributed by atoms with E-state index in [2.05, 4.69) is 20.8 Å². The van der Waals surface area contributed by atoms with Crippen LogP contribution >= 0.6 is 11.6 Å². The van der Waals surface area contributed by atoms with Crippen molar-refractivity contribution < 1.29 is 14.2 Å². The first-order chi connectivity index (χ1) is 14.4. The molecule has 0 saturated heterocycles. The molecule has 0 radical (unpaired) electrons.